The van der Waals surface area contributed by atoms with Crippen molar-refractivity contribution in [3.63, 3.8) is 0 Å². The smallest absolute Gasteiger partial charge is 0.119 e. The fourth-order valence-electron chi connectivity index (χ4n) is 2.68. The molecule has 0 saturated carbocycles. The lowest BCUT2D eigenvalue weighted by molar-refractivity contribution is 0.142. The Balaban J connectivity index is 2.54. The van der Waals surface area contributed by atoms with Crippen LogP contribution in [0.1, 0.15) is 53.1 Å². The van der Waals surface area contributed by atoms with E-state index in [9.17, 15) is 0 Å². The van der Waals surface area contributed by atoms with E-state index in [4.69, 9.17) is 4.74 Å². The predicted molar refractivity (Wildman–Crippen MR) is 91.0 cm³/mol. The molecule has 3 nitrogen and oxygen atoms in total. The summed E-state index contributed by atoms with van der Waals surface area (Å²) in [6.07, 6.45) is 0. The van der Waals surface area contributed by atoms with E-state index in [-0.39, 0.29) is 0 Å². The molecule has 1 rings (SSSR count). The summed E-state index contributed by atoms with van der Waals surface area (Å²) < 4.78 is 5.94. The molecule has 0 amide bonds. The van der Waals surface area contributed by atoms with E-state index in [1.165, 1.54) is 5.56 Å². The van der Waals surface area contributed by atoms with Crippen molar-refractivity contribution in [3.05, 3.63) is 29.8 Å². The average molecular weight is 292 g/mol. The molecule has 0 bridgehead atoms. The predicted octanol–water partition coefficient (Wildman–Crippen LogP) is 3.85. The Labute approximate surface area is 130 Å². The first-order valence-electron chi connectivity index (χ1n) is 8.17. The van der Waals surface area contributed by atoms with Gasteiger partial charge in [0.2, 0.25) is 0 Å². The van der Waals surface area contributed by atoms with Gasteiger partial charge in [0.05, 0.1) is 0 Å². The fraction of sp³-hybridized carbons (Fsp3) is 0.667. The summed E-state index contributed by atoms with van der Waals surface area (Å²) in [6.45, 7) is 15.9. The van der Waals surface area contributed by atoms with Crippen LogP contribution in [-0.2, 0) is 0 Å². The highest BCUT2D eigenvalue weighted by atomic mass is 16.5. The summed E-state index contributed by atoms with van der Waals surface area (Å²) in [6, 6.07) is 9.86. The highest BCUT2D eigenvalue weighted by Gasteiger charge is 2.13. The maximum Gasteiger partial charge on any atom is 0.119 e. The van der Waals surface area contributed by atoms with E-state index in [1.807, 2.05) is 6.07 Å². The third-order valence-corrected chi connectivity index (χ3v) is 3.81. The Kier molecular flexibility index (Phi) is 7.76. The van der Waals surface area contributed by atoms with Crippen LogP contribution in [0.3, 0.4) is 0 Å². The first-order valence-corrected chi connectivity index (χ1v) is 8.17. The van der Waals surface area contributed by atoms with Crippen molar-refractivity contribution >= 4 is 0 Å². The average Bonchev–Trinajstić information content (AvgIpc) is 2.43. The molecule has 0 spiro atoms. The van der Waals surface area contributed by atoms with E-state index >= 15 is 0 Å². The van der Waals surface area contributed by atoms with E-state index in [0.717, 1.165) is 25.4 Å². The molecule has 120 valence electrons. The van der Waals surface area contributed by atoms with Gasteiger partial charge in [-0.15, -0.1) is 0 Å². The molecule has 21 heavy (non-hydrogen) atoms. The van der Waals surface area contributed by atoms with Crippen LogP contribution >= 0.6 is 0 Å². The Bertz CT molecular complexity index is 396. The molecule has 1 aromatic carbocycles. The standard InChI is InChI=1S/C18H32N2O/c1-7-19-16(6)17-9-8-10-18(13-17)21-12-11-20(14(2)3)15(4)5/h8-10,13-16,19H,7,11-12H2,1-6H3. The Morgan fingerprint density at radius 2 is 1.76 bits per heavy atom. The van der Waals surface area contributed by atoms with Gasteiger partial charge in [0.25, 0.3) is 0 Å². The van der Waals surface area contributed by atoms with Crippen molar-refractivity contribution in [3.8, 4) is 5.75 Å². The van der Waals surface area contributed by atoms with Crippen molar-refractivity contribution < 1.29 is 4.74 Å². The molecular formula is C18H32N2O. The van der Waals surface area contributed by atoms with Crippen LogP contribution in [0.2, 0.25) is 0 Å². The zero-order valence-corrected chi connectivity index (χ0v) is 14.5. The molecule has 0 aliphatic heterocycles. The molecule has 1 aromatic rings. The number of nitrogens with one attached hydrogen (secondary N) is 1. The fourth-order valence-corrected chi connectivity index (χ4v) is 2.68. The summed E-state index contributed by atoms with van der Waals surface area (Å²) in [5.41, 5.74) is 1.28. The lowest BCUT2D eigenvalue weighted by Gasteiger charge is -2.30. The second-order valence-corrected chi connectivity index (χ2v) is 6.13. The normalized spacial score (nSPS) is 13.2. The highest BCUT2D eigenvalue weighted by molar-refractivity contribution is 5.30. The zero-order valence-electron chi connectivity index (χ0n) is 14.5. The lowest BCUT2D eigenvalue weighted by Crippen LogP contribution is -2.39. The molecule has 1 N–H and O–H groups in total. The molecule has 0 radical (unpaired) electrons. The zero-order chi connectivity index (χ0) is 15.8. The molecule has 0 heterocycles. The van der Waals surface area contributed by atoms with E-state index in [2.05, 4.69) is 70.0 Å². The van der Waals surface area contributed by atoms with Gasteiger partial charge in [-0.3, -0.25) is 4.90 Å². The second-order valence-electron chi connectivity index (χ2n) is 6.13. The molecule has 0 fully saturated rings. The number of hydrogen-bond acceptors (Lipinski definition) is 3. The maximum atomic E-state index is 5.94. The van der Waals surface area contributed by atoms with Gasteiger partial charge in [-0.05, 0) is 58.9 Å². The Morgan fingerprint density at radius 1 is 1.10 bits per heavy atom. The van der Waals surface area contributed by atoms with Gasteiger partial charge in [0.15, 0.2) is 0 Å². The number of benzene rings is 1. The Hall–Kier alpha value is -1.06. The van der Waals surface area contributed by atoms with Crippen LogP contribution in [0.5, 0.6) is 5.75 Å². The van der Waals surface area contributed by atoms with Gasteiger partial charge in [-0.25, -0.2) is 0 Å². The number of rotatable bonds is 9. The van der Waals surface area contributed by atoms with Gasteiger partial charge in [0.1, 0.15) is 12.4 Å². The number of ether oxygens (including phenoxy) is 1. The first kappa shape index (κ1) is 18.0. The molecule has 3 heteroatoms. The summed E-state index contributed by atoms with van der Waals surface area (Å²) >= 11 is 0. The lowest BCUT2D eigenvalue weighted by atomic mass is 10.1. The van der Waals surface area contributed by atoms with Gasteiger partial charge in [0, 0.05) is 24.7 Å². The highest BCUT2D eigenvalue weighted by Crippen LogP contribution is 2.19. The van der Waals surface area contributed by atoms with Crippen LogP contribution in [0.25, 0.3) is 0 Å². The first-order chi connectivity index (χ1) is 9.95. The van der Waals surface area contributed by atoms with Crippen molar-refractivity contribution in [2.75, 3.05) is 19.7 Å². The third-order valence-electron chi connectivity index (χ3n) is 3.81. The molecule has 1 unspecified atom stereocenters. The van der Waals surface area contributed by atoms with E-state index < -0.39 is 0 Å². The minimum Gasteiger partial charge on any atom is -0.492 e. The quantitative estimate of drug-likeness (QED) is 0.748. The van der Waals surface area contributed by atoms with Crippen LogP contribution in [0.15, 0.2) is 24.3 Å². The summed E-state index contributed by atoms with van der Waals surface area (Å²) in [5, 5.41) is 3.43. The third kappa shape index (κ3) is 6.06. The summed E-state index contributed by atoms with van der Waals surface area (Å²) in [4.78, 5) is 2.45. The van der Waals surface area contributed by atoms with Crippen LogP contribution in [-0.4, -0.2) is 36.7 Å². The van der Waals surface area contributed by atoms with Crippen molar-refractivity contribution in [1.29, 1.82) is 0 Å². The van der Waals surface area contributed by atoms with Gasteiger partial charge >= 0.3 is 0 Å². The molecule has 1 atom stereocenters. The van der Waals surface area contributed by atoms with Crippen molar-refractivity contribution in [2.24, 2.45) is 0 Å². The second kappa shape index (κ2) is 9.06. The van der Waals surface area contributed by atoms with Gasteiger partial charge < -0.3 is 10.1 Å². The number of hydrogen-bond donors (Lipinski definition) is 1. The van der Waals surface area contributed by atoms with E-state index in [1.54, 1.807) is 0 Å². The van der Waals surface area contributed by atoms with Crippen LogP contribution in [0.4, 0.5) is 0 Å². The summed E-state index contributed by atoms with van der Waals surface area (Å²) in [5.74, 6) is 0.963. The topological polar surface area (TPSA) is 24.5 Å². The minimum atomic E-state index is 0.362. The Morgan fingerprint density at radius 3 is 2.33 bits per heavy atom. The van der Waals surface area contributed by atoms with Gasteiger partial charge in [-0.2, -0.15) is 0 Å². The van der Waals surface area contributed by atoms with Gasteiger partial charge in [-0.1, -0.05) is 19.1 Å². The summed E-state index contributed by atoms with van der Waals surface area (Å²) in [7, 11) is 0. The molecule has 0 saturated heterocycles. The maximum absolute atomic E-state index is 5.94. The molecule has 0 aliphatic carbocycles. The monoisotopic (exact) mass is 292 g/mol. The van der Waals surface area contributed by atoms with Crippen molar-refractivity contribution in [2.45, 2.75) is 59.7 Å². The SMILES string of the molecule is CCNC(C)c1cccc(OCCN(C(C)C)C(C)C)c1. The number of nitrogens with zero attached hydrogens (tertiary/aromatic N) is 1. The molecule has 0 aliphatic rings. The molecule has 0 aromatic heterocycles. The van der Waals surface area contributed by atoms with Crippen molar-refractivity contribution in [1.82, 2.24) is 10.2 Å². The minimum absolute atomic E-state index is 0.362. The van der Waals surface area contributed by atoms with Crippen LogP contribution < -0.4 is 10.1 Å². The van der Waals surface area contributed by atoms with E-state index in [0.29, 0.717) is 18.1 Å². The molecular weight excluding hydrogens is 260 g/mol. The van der Waals surface area contributed by atoms with Crippen LogP contribution in [0, 0.1) is 0 Å². The largest absolute Gasteiger partial charge is 0.492 e.